The number of nitrogens with two attached hydrogens (primary N) is 1. The van der Waals surface area contributed by atoms with E-state index in [9.17, 15) is 8.42 Å². The van der Waals surface area contributed by atoms with E-state index in [2.05, 4.69) is 0 Å². The first-order valence-electron chi connectivity index (χ1n) is 5.28. The molecule has 0 bridgehead atoms. The Morgan fingerprint density at radius 3 is 2.25 bits per heavy atom. The lowest BCUT2D eigenvalue weighted by Crippen LogP contribution is -2.35. The normalized spacial score (nSPS) is 11.4. The number of hydrogen-bond donors (Lipinski definition) is 1. The summed E-state index contributed by atoms with van der Waals surface area (Å²) in [5.74, 6) is -0.0191. The Balaban J connectivity index is 3.03. The maximum atomic E-state index is 11.9. The number of rotatable bonds is 5. The lowest BCUT2D eigenvalue weighted by atomic mass is 10.2. The van der Waals surface area contributed by atoms with Crippen LogP contribution in [-0.2, 0) is 10.0 Å². The van der Waals surface area contributed by atoms with E-state index in [4.69, 9.17) is 5.73 Å². The molecule has 4 nitrogen and oxygen atoms in total. The molecule has 0 amide bonds. The molecule has 90 valence electrons. The summed E-state index contributed by atoms with van der Waals surface area (Å²) >= 11 is 0. The number of sulfonamides is 1. The van der Waals surface area contributed by atoms with Crippen LogP contribution in [0.15, 0.2) is 24.3 Å². The summed E-state index contributed by atoms with van der Waals surface area (Å²) in [6.45, 7) is 4.35. The highest BCUT2D eigenvalue weighted by molar-refractivity contribution is 7.92. The van der Waals surface area contributed by atoms with Crippen molar-refractivity contribution >= 4 is 15.7 Å². The van der Waals surface area contributed by atoms with Crippen molar-refractivity contribution in [1.29, 1.82) is 0 Å². The summed E-state index contributed by atoms with van der Waals surface area (Å²) in [6.07, 6.45) is 0. The highest BCUT2D eigenvalue weighted by Crippen LogP contribution is 2.18. The summed E-state index contributed by atoms with van der Waals surface area (Å²) in [4.78, 5) is 0. The first-order chi connectivity index (χ1) is 7.51. The first kappa shape index (κ1) is 13.0. The highest BCUT2D eigenvalue weighted by atomic mass is 32.2. The molecule has 0 radical (unpaired) electrons. The molecule has 1 aromatic rings. The van der Waals surface area contributed by atoms with Crippen molar-refractivity contribution in [2.24, 2.45) is 5.73 Å². The van der Waals surface area contributed by atoms with E-state index in [0.717, 1.165) is 5.56 Å². The van der Waals surface area contributed by atoms with E-state index in [1.165, 1.54) is 4.31 Å². The van der Waals surface area contributed by atoms with Gasteiger partial charge in [-0.1, -0.05) is 17.7 Å². The number of anilines is 1. The molecule has 0 unspecified atom stereocenters. The van der Waals surface area contributed by atoms with Gasteiger partial charge < -0.3 is 5.73 Å². The summed E-state index contributed by atoms with van der Waals surface area (Å²) in [6, 6.07) is 7.42. The van der Waals surface area contributed by atoms with Gasteiger partial charge in [-0.3, -0.25) is 4.31 Å². The molecule has 0 spiro atoms. The summed E-state index contributed by atoms with van der Waals surface area (Å²) < 4.78 is 25.2. The SMILES string of the molecule is CCN(c1ccc(C)cc1)S(=O)(=O)CCN. The molecule has 1 rings (SSSR count). The molecular weight excluding hydrogens is 224 g/mol. The fourth-order valence-electron chi connectivity index (χ4n) is 1.51. The van der Waals surface area contributed by atoms with Gasteiger partial charge in [-0.2, -0.15) is 0 Å². The third-order valence-electron chi connectivity index (χ3n) is 2.32. The molecule has 16 heavy (non-hydrogen) atoms. The topological polar surface area (TPSA) is 63.4 Å². The Hall–Kier alpha value is -1.07. The second-order valence-electron chi connectivity index (χ2n) is 3.60. The second kappa shape index (κ2) is 5.32. The van der Waals surface area contributed by atoms with Gasteiger partial charge in [-0.25, -0.2) is 8.42 Å². The van der Waals surface area contributed by atoms with Crippen molar-refractivity contribution in [2.45, 2.75) is 13.8 Å². The number of benzene rings is 1. The minimum atomic E-state index is -3.28. The zero-order valence-electron chi connectivity index (χ0n) is 9.68. The highest BCUT2D eigenvalue weighted by Gasteiger charge is 2.19. The molecule has 0 saturated heterocycles. The quantitative estimate of drug-likeness (QED) is 0.841. The Labute approximate surface area is 97.1 Å². The summed E-state index contributed by atoms with van der Waals surface area (Å²) in [7, 11) is -3.28. The number of hydrogen-bond acceptors (Lipinski definition) is 3. The van der Waals surface area contributed by atoms with Crippen molar-refractivity contribution < 1.29 is 8.42 Å². The molecule has 0 fully saturated rings. The van der Waals surface area contributed by atoms with Crippen LogP contribution in [-0.4, -0.2) is 27.3 Å². The first-order valence-corrected chi connectivity index (χ1v) is 6.89. The summed E-state index contributed by atoms with van der Waals surface area (Å²) in [5.41, 5.74) is 7.11. The zero-order valence-corrected chi connectivity index (χ0v) is 10.5. The van der Waals surface area contributed by atoms with Gasteiger partial charge in [0.25, 0.3) is 0 Å². The van der Waals surface area contributed by atoms with Gasteiger partial charge in [0.05, 0.1) is 11.4 Å². The van der Waals surface area contributed by atoms with Crippen molar-refractivity contribution in [3.63, 3.8) is 0 Å². The Morgan fingerprint density at radius 1 is 1.25 bits per heavy atom. The minimum Gasteiger partial charge on any atom is -0.329 e. The smallest absolute Gasteiger partial charge is 0.236 e. The van der Waals surface area contributed by atoms with Gasteiger partial charge in [0.2, 0.25) is 10.0 Å². The van der Waals surface area contributed by atoms with E-state index in [0.29, 0.717) is 12.2 Å². The van der Waals surface area contributed by atoms with Gasteiger partial charge in [0.15, 0.2) is 0 Å². The molecule has 2 N–H and O–H groups in total. The van der Waals surface area contributed by atoms with Crippen LogP contribution < -0.4 is 10.0 Å². The third-order valence-corrected chi connectivity index (χ3v) is 4.21. The lowest BCUT2D eigenvalue weighted by Gasteiger charge is -2.22. The van der Waals surface area contributed by atoms with E-state index in [1.807, 2.05) is 38.1 Å². The van der Waals surface area contributed by atoms with Gasteiger partial charge >= 0.3 is 0 Å². The Bertz CT molecular complexity index is 426. The van der Waals surface area contributed by atoms with Gasteiger partial charge in [0, 0.05) is 13.1 Å². The fraction of sp³-hybridized carbons (Fsp3) is 0.455. The van der Waals surface area contributed by atoms with E-state index in [-0.39, 0.29) is 12.3 Å². The van der Waals surface area contributed by atoms with E-state index in [1.54, 1.807) is 0 Å². The van der Waals surface area contributed by atoms with Crippen molar-refractivity contribution in [3.05, 3.63) is 29.8 Å². The molecule has 0 atom stereocenters. The van der Waals surface area contributed by atoms with Crippen molar-refractivity contribution in [2.75, 3.05) is 23.1 Å². The second-order valence-corrected chi connectivity index (χ2v) is 5.62. The average Bonchev–Trinajstić information content (AvgIpc) is 2.21. The van der Waals surface area contributed by atoms with Crippen LogP contribution in [0.1, 0.15) is 12.5 Å². The van der Waals surface area contributed by atoms with Gasteiger partial charge in [0.1, 0.15) is 0 Å². The van der Waals surface area contributed by atoms with Crippen molar-refractivity contribution in [3.8, 4) is 0 Å². The van der Waals surface area contributed by atoms with Gasteiger partial charge in [-0.05, 0) is 26.0 Å². The van der Waals surface area contributed by atoms with Crippen LogP contribution in [0.3, 0.4) is 0 Å². The number of nitrogens with zero attached hydrogens (tertiary/aromatic N) is 1. The lowest BCUT2D eigenvalue weighted by molar-refractivity contribution is 0.591. The van der Waals surface area contributed by atoms with Crippen LogP contribution in [0, 0.1) is 6.92 Å². The van der Waals surface area contributed by atoms with Crippen LogP contribution in [0.25, 0.3) is 0 Å². The molecule has 0 saturated carbocycles. The molecule has 0 aromatic heterocycles. The maximum Gasteiger partial charge on any atom is 0.236 e. The maximum absolute atomic E-state index is 11.9. The molecule has 1 aromatic carbocycles. The third kappa shape index (κ3) is 2.96. The van der Waals surface area contributed by atoms with Crippen LogP contribution in [0.5, 0.6) is 0 Å². The fourth-order valence-corrected chi connectivity index (χ4v) is 2.86. The van der Waals surface area contributed by atoms with Crippen molar-refractivity contribution in [1.82, 2.24) is 0 Å². The van der Waals surface area contributed by atoms with E-state index >= 15 is 0 Å². The Morgan fingerprint density at radius 2 is 1.81 bits per heavy atom. The monoisotopic (exact) mass is 242 g/mol. The predicted molar refractivity (Wildman–Crippen MR) is 67.0 cm³/mol. The van der Waals surface area contributed by atoms with Crippen LogP contribution in [0.4, 0.5) is 5.69 Å². The molecule has 5 heteroatoms. The van der Waals surface area contributed by atoms with Crippen LogP contribution in [0.2, 0.25) is 0 Å². The van der Waals surface area contributed by atoms with E-state index < -0.39 is 10.0 Å². The molecular formula is C11H18N2O2S. The number of aryl methyl sites for hydroxylation is 1. The average molecular weight is 242 g/mol. The molecule has 0 aliphatic heterocycles. The van der Waals surface area contributed by atoms with Gasteiger partial charge in [-0.15, -0.1) is 0 Å². The van der Waals surface area contributed by atoms with Crippen LogP contribution >= 0.6 is 0 Å². The largest absolute Gasteiger partial charge is 0.329 e. The zero-order chi connectivity index (χ0) is 12.2. The molecule has 0 aliphatic carbocycles. The molecule has 0 heterocycles. The minimum absolute atomic E-state index is 0.0191. The standard InChI is InChI=1S/C11H18N2O2S/c1-3-13(16(14,15)9-8-12)11-6-4-10(2)5-7-11/h4-7H,3,8-9,12H2,1-2H3. The summed E-state index contributed by atoms with van der Waals surface area (Å²) in [5, 5.41) is 0. The molecule has 0 aliphatic rings. The Kier molecular flexibility index (Phi) is 4.32. The predicted octanol–water partition coefficient (Wildman–Crippen LogP) is 1.11.